The van der Waals surface area contributed by atoms with Crippen molar-refractivity contribution in [2.45, 2.75) is 131 Å². The van der Waals surface area contributed by atoms with E-state index < -0.39 is 10.8 Å². The molecule has 6 aromatic carbocycles. The Morgan fingerprint density at radius 1 is 0.513 bits per heavy atom. The number of hydrogen-bond acceptors (Lipinski definition) is 10. The van der Waals surface area contributed by atoms with Crippen LogP contribution in [0.15, 0.2) is 129 Å². The fraction of sp³-hybridized carbons (Fsp3) is 0.387. The first-order valence-corrected chi connectivity index (χ1v) is 27.7. The Labute approximate surface area is 459 Å². The average molecular weight is 1080 g/mol. The molecule has 11 nitrogen and oxygen atoms in total. The van der Waals surface area contributed by atoms with Gasteiger partial charge >= 0.3 is 9.75 Å². The lowest BCUT2D eigenvalue weighted by atomic mass is 9.70. The zero-order valence-corrected chi connectivity index (χ0v) is 49.2. The molecule has 0 saturated heterocycles. The standard InChI is InChI=1S/C31H36ClN3O2S.C31H36N4O2S/c1-29(2,3)18-30(4,5)20-14-21(31(6,7)19-12-10-9-11-13-19)27(36)24(15-20)34-33-23-17-26-25(16-22(23)32)35(8)28(37)38-26;1-29(2,3)18-30(4,5)20-14-21(31(6,7)19-12-10-9-11-13-19)27(36)25(15-20)35-32-22-16-24-26(17-23(22)33-35)38-28(37)34(24)8/h2*9-17,36H,18H2,1-8H3. The lowest BCUT2D eigenvalue weighted by Gasteiger charge is -2.35. The highest BCUT2D eigenvalue weighted by atomic mass is 35.5. The van der Waals surface area contributed by atoms with Crippen LogP contribution in [0.25, 0.3) is 37.2 Å². The molecule has 0 aliphatic carbocycles. The van der Waals surface area contributed by atoms with Crippen molar-refractivity contribution in [3.63, 3.8) is 0 Å². The van der Waals surface area contributed by atoms with Gasteiger partial charge in [0, 0.05) is 36.1 Å². The zero-order valence-electron chi connectivity index (χ0n) is 46.8. The highest BCUT2D eigenvalue weighted by Crippen LogP contribution is 2.48. The van der Waals surface area contributed by atoms with Gasteiger partial charge in [-0.2, -0.15) is 0 Å². The summed E-state index contributed by atoms with van der Waals surface area (Å²) < 4.78 is 4.85. The van der Waals surface area contributed by atoms with Crippen molar-refractivity contribution in [1.29, 1.82) is 0 Å². The van der Waals surface area contributed by atoms with E-state index in [4.69, 9.17) is 21.8 Å². The van der Waals surface area contributed by atoms with Crippen LogP contribution in [0.2, 0.25) is 5.02 Å². The van der Waals surface area contributed by atoms with Crippen LogP contribution in [0.3, 0.4) is 0 Å². The predicted octanol–water partition coefficient (Wildman–Crippen LogP) is 16.5. The number of aryl methyl sites for hydroxylation is 2. The van der Waals surface area contributed by atoms with Gasteiger partial charge < -0.3 is 19.3 Å². The molecule has 0 radical (unpaired) electrons. The van der Waals surface area contributed by atoms with Crippen molar-refractivity contribution in [2.75, 3.05) is 0 Å². The SMILES string of the molecule is Cn1c(=O)sc2cc(N=Nc3cc(C(C)(C)CC(C)(C)C)cc(C(C)(C)c4ccccc4)c3O)c(Cl)cc21.Cn1c(=O)sc2cc3nn(-c4cc(C(C)(C)CC(C)(C)C)cc(C(C)(C)c5ccccc5)c4O)nc3cc21. The van der Waals surface area contributed by atoms with Crippen LogP contribution in [0.1, 0.15) is 143 Å². The van der Waals surface area contributed by atoms with Crippen molar-refractivity contribution < 1.29 is 10.2 Å². The number of thiazole rings is 2. The molecule has 9 aromatic rings. The molecule has 0 aliphatic heterocycles. The van der Waals surface area contributed by atoms with Crippen LogP contribution < -0.4 is 9.75 Å². The monoisotopic (exact) mass is 1080 g/mol. The van der Waals surface area contributed by atoms with Crippen LogP contribution in [0.5, 0.6) is 11.5 Å². The molecule has 0 atom stereocenters. The Morgan fingerprint density at radius 2 is 0.934 bits per heavy atom. The third-order valence-electron chi connectivity index (χ3n) is 14.7. The first-order chi connectivity index (χ1) is 35.3. The fourth-order valence-corrected chi connectivity index (χ4v) is 13.0. The first-order valence-electron chi connectivity index (χ1n) is 25.7. The van der Waals surface area contributed by atoms with E-state index in [0.29, 0.717) is 33.1 Å². The normalized spacial score (nSPS) is 13.1. The molecule has 3 aromatic heterocycles. The van der Waals surface area contributed by atoms with Crippen molar-refractivity contribution in [1.82, 2.24) is 24.1 Å². The number of halogens is 1. The van der Waals surface area contributed by atoms with Crippen molar-refractivity contribution in [3.8, 4) is 17.2 Å². The molecule has 0 bridgehead atoms. The number of phenols is 2. The Hall–Kier alpha value is -6.41. The Bertz CT molecular complexity index is 3790. The number of rotatable bonds is 11. The van der Waals surface area contributed by atoms with E-state index in [2.05, 4.69) is 144 Å². The van der Waals surface area contributed by atoms with Gasteiger partial charge in [-0.3, -0.25) is 9.59 Å². The Kier molecular flexibility index (Phi) is 14.8. The molecule has 76 heavy (non-hydrogen) atoms. The van der Waals surface area contributed by atoms with Crippen LogP contribution in [-0.2, 0) is 35.8 Å². The number of fused-ring (bicyclic) bond motifs is 3. The first kappa shape index (κ1) is 55.8. The Balaban J connectivity index is 0.000000201. The lowest BCUT2D eigenvalue weighted by molar-refractivity contribution is 0.283. The molecule has 398 valence electrons. The minimum Gasteiger partial charge on any atom is -0.505 e. The van der Waals surface area contributed by atoms with Crippen LogP contribution >= 0.6 is 34.3 Å². The molecular weight excluding hydrogens is 1010 g/mol. The lowest BCUT2D eigenvalue weighted by Crippen LogP contribution is -2.27. The maximum atomic E-state index is 12.2. The third-order valence-corrected chi connectivity index (χ3v) is 17.0. The molecule has 0 aliphatic rings. The molecule has 0 unspecified atom stereocenters. The molecule has 0 spiro atoms. The second kappa shape index (κ2) is 20.2. The summed E-state index contributed by atoms with van der Waals surface area (Å²) in [6.07, 6.45) is 1.91. The van der Waals surface area contributed by atoms with E-state index in [-0.39, 0.29) is 42.9 Å². The summed E-state index contributed by atoms with van der Waals surface area (Å²) in [6.45, 7) is 31.0. The van der Waals surface area contributed by atoms with Gasteiger partial charge in [0.15, 0.2) is 0 Å². The van der Waals surface area contributed by atoms with E-state index in [1.54, 1.807) is 40.2 Å². The molecule has 14 heteroatoms. The number of aromatic hydroxyl groups is 2. The molecular formula is C62H72ClN7O4S2. The van der Waals surface area contributed by atoms with Gasteiger partial charge in [0.25, 0.3) is 0 Å². The number of azo groups is 1. The smallest absolute Gasteiger partial charge is 0.307 e. The minimum atomic E-state index is -0.476. The summed E-state index contributed by atoms with van der Waals surface area (Å²) in [7, 11) is 3.49. The van der Waals surface area contributed by atoms with E-state index in [0.717, 1.165) is 78.0 Å². The zero-order chi connectivity index (χ0) is 55.7. The molecule has 9 rings (SSSR count). The summed E-state index contributed by atoms with van der Waals surface area (Å²) in [5.74, 6) is 0.267. The predicted molar refractivity (Wildman–Crippen MR) is 317 cm³/mol. The number of nitrogens with zero attached hydrogens (tertiary/aromatic N) is 7. The highest BCUT2D eigenvalue weighted by Gasteiger charge is 2.36. The van der Waals surface area contributed by atoms with Gasteiger partial charge in [-0.05, 0) is 93.2 Å². The second-order valence-electron chi connectivity index (χ2n) is 25.1. The third kappa shape index (κ3) is 11.3. The summed E-state index contributed by atoms with van der Waals surface area (Å²) in [5.41, 5.74) is 9.35. The fourth-order valence-electron chi connectivity index (χ4n) is 11.0. The Morgan fingerprint density at radius 3 is 1.42 bits per heavy atom. The van der Waals surface area contributed by atoms with E-state index in [1.807, 2.05) is 60.7 Å². The van der Waals surface area contributed by atoms with Gasteiger partial charge in [-0.1, -0.05) is 204 Å². The maximum absolute atomic E-state index is 12.2. The summed E-state index contributed by atoms with van der Waals surface area (Å²) in [6, 6.07) is 36.0. The van der Waals surface area contributed by atoms with E-state index >= 15 is 0 Å². The largest absolute Gasteiger partial charge is 0.505 e. The summed E-state index contributed by atoms with van der Waals surface area (Å²) in [4.78, 5) is 25.7. The van der Waals surface area contributed by atoms with Crippen molar-refractivity contribution in [3.05, 3.63) is 167 Å². The molecule has 3 heterocycles. The maximum Gasteiger partial charge on any atom is 0.307 e. The van der Waals surface area contributed by atoms with Gasteiger partial charge in [0.1, 0.15) is 39.6 Å². The molecule has 0 saturated carbocycles. The van der Waals surface area contributed by atoms with Crippen LogP contribution in [0, 0.1) is 10.8 Å². The number of benzene rings is 6. The minimum absolute atomic E-state index is 0.0141. The van der Waals surface area contributed by atoms with E-state index in [9.17, 15) is 19.8 Å². The quantitative estimate of drug-likeness (QED) is 0.124. The number of hydrogen-bond donors (Lipinski definition) is 2. The summed E-state index contributed by atoms with van der Waals surface area (Å²) >= 11 is 8.86. The van der Waals surface area contributed by atoms with Crippen molar-refractivity contribution in [2.24, 2.45) is 35.2 Å². The molecule has 2 N–H and O–H groups in total. The summed E-state index contributed by atoms with van der Waals surface area (Å²) in [5, 5.41) is 42.2. The number of phenolic OH excluding ortho intramolecular Hbond substituents is 2. The van der Waals surface area contributed by atoms with Gasteiger partial charge in [-0.15, -0.1) is 25.2 Å². The van der Waals surface area contributed by atoms with Gasteiger partial charge in [-0.25, -0.2) is 0 Å². The molecule has 0 amide bonds. The highest BCUT2D eigenvalue weighted by molar-refractivity contribution is 7.16. The second-order valence-corrected chi connectivity index (χ2v) is 27.5. The average Bonchev–Trinajstić information content (AvgIpc) is 3.97. The van der Waals surface area contributed by atoms with Crippen LogP contribution in [-0.4, -0.2) is 34.3 Å². The van der Waals surface area contributed by atoms with E-state index in [1.165, 1.54) is 11.3 Å². The van der Waals surface area contributed by atoms with Crippen LogP contribution in [0.4, 0.5) is 11.4 Å². The number of aromatic nitrogens is 5. The van der Waals surface area contributed by atoms with Crippen molar-refractivity contribution >= 4 is 77.1 Å². The van der Waals surface area contributed by atoms with Gasteiger partial charge in [0.05, 0.1) is 25.5 Å². The van der Waals surface area contributed by atoms with Gasteiger partial charge in [0.2, 0.25) is 0 Å². The molecule has 0 fully saturated rings. The topological polar surface area (TPSA) is 140 Å².